The minimum Gasteiger partial charge on any atom is -0.480 e. The van der Waals surface area contributed by atoms with Gasteiger partial charge in [0.25, 0.3) is 5.91 Å². The lowest BCUT2D eigenvalue weighted by Gasteiger charge is -2.16. The van der Waals surface area contributed by atoms with Crippen molar-refractivity contribution in [2.75, 3.05) is 0 Å². The molecule has 0 aromatic carbocycles. The van der Waals surface area contributed by atoms with Crippen molar-refractivity contribution in [1.29, 1.82) is 0 Å². The molecule has 7 heteroatoms. The molecule has 1 amide bonds. The lowest BCUT2D eigenvalue weighted by molar-refractivity contribution is -0.141. The van der Waals surface area contributed by atoms with Crippen LogP contribution in [-0.4, -0.2) is 39.2 Å². The highest BCUT2D eigenvalue weighted by atomic mass is 35.5. The Balaban J connectivity index is 2.81. The summed E-state index contributed by atoms with van der Waals surface area (Å²) in [4.78, 5) is 26.1. The van der Waals surface area contributed by atoms with E-state index >= 15 is 0 Å². The van der Waals surface area contributed by atoms with Crippen molar-refractivity contribution in [3.63, 3.8) is 0 Å². The third-order valence-corrected chi connectivity index (χ3v) is 2.19. The van der Waals surface area contributed by atoms with Gasteiger partial charge < -0.3 is 15.5 Å². The number of carbonyl (C=O) groups excluding carboxylic acids is 1. The first kappa shape index (κ1) is 13.4. The molecule has 17 heavy (non-hydrogen) atoms. The maximum absolute atomic E-state index is 11.6. The standard InChI is InChI=1S/C10H11ClN2O4/c1-5(14)8(10(16)17)13-9(15)6-3-2-4-7(11)12-6/h2-5,8,14H,1H3,(H,13,15)(H,16,17). The minimum atomic E-state index is -1.39. The molecule has 0 saturated heterocycles. The molecule has 2 atom stereocenters. The largest absolute Gasteiger partial charge is 0.480 e. The minimum absolute atomic E-state index is 0.00981. The topological polar surface area (TPSA) is 99.5 Å². The summed E-state index contributed by atoms with van der Waals surface area (Å²) < 4.78 is 0. The number of rotatable bonds is 4. The quantitative estimate of drug-likeness (QED) is 0.675. The van der Waals surface area contributed by atoms with Gasteiger partial charge in [0.05, 0.1) is 6.10 Å². The van der Waals surface area contributed by atoms with Gasteiger partial charge in [0, 0.05) is 0 Å². The van der Waals surface area contributed by atoms with Crippen molar-refractivity contribution in [2.45, 2.75) is 19.1 Å². The second kappa shape index (κ2) is 5.60. The van der Waals surface area contributed by atoms with Crippen LogP contribution < -0.4 is 5.32 Å². The molecule has 92 valence electrons. The monoisotopic (exact) mass is 258 g/mol. The average molecular weight is 259 g/mol. The fourth-order valence-corrected chi connectivity index (χ4v) is 1.30. The van der Waals surface area contributed by atoms with Crippen LogP contribution in [0.5, 0.6) is 0 Å². The average Bonchev–Trinajstić information content (AvgIpc) is 2.24. The number of carboxylic acids is 1. The van der Waals surface area contributed by atoms with Crippen LogP contribution in [0.15, 0.2) is 18.2 Å². The van der Waals surface area contributed by atoms with E-state index in [0.29, 0.717) is 0 Å². The smallest absolute Gasteiger partial charge is 0.328 e. The van der Waals surface area contributed by atoms with Crippen molar-refractivity contribution < 1.29 is 19.8 Å². The number of aliphatic hydroxyl groups excluding tert-OH is 1. The third kappa shape index (κ3) is 3.69. The van der Waals surface area contributed by atoms with Crippen LogP contribution in [-0.2, 0) is 4.79 Å². The Kier molecular flexibility index (Phi) is 4.42. The number of aliphatic carboxylic acids is 1. The predicted molar refractivity (Wildman–Crippen MR) is 59.8 cm³/mol. The summed E-state index contributed by atoms with van der Waals surface area (Å²) in [5.41, 5.74) is -0.00981. The maximum Gasteiger partial charge on any atom is 0.328 e. The van der Waals surface area contributed by atoms with E-state index in [9.17, 15) is 14.7 Å². The highest BCUT2D eigenvalue weighted by Crippen LogP contribution is 2.05. The third-order valence-electron chi connectivity index (χ3n) is 1.98. The number of halogens is 1. The van der Waals surface area contributed by atoms with Crippen LogP contribution in [0.2, 0.25) is 5.15 Å². The van der Waals surface area contributed by atoms with Gasteiger partial charge in [-0.3, -0.25) is 4.79 Å². The summed E-state index contributed by atoms with van der Waals surface area (Å²) >= 11 is 5.59. The van der Waals surface area contributed by atoms with Gasteiger partial charge in [0.1, 0.15) is 10.8 Å². The van der Waals surface area contributed by atoms with Crippen LogP contribution >= 0.6 is 11.6 Å². The number of aliphatic hydroxyl groups is 1. The lowest BCUT2D eigenvalue weighted by atomic mass is 10.2. The predicted octanol–water partition coefficient (Wildman–Crippen LogP) is 0.299. The fourth-order valence-electron chi connectivity index (χ4n) is 1.14. The van der Waals surface area contributed by atoms with Crippen molar-refractivity contribution in [1.82, 2.24) is 10.3 Å². The molecule has 0 aliphatic rings. The molecule has 0 radical (unpaired) electrons. The Morgan fingerprint density at radius 1 is 1.47 bits per heavy atom. The molecule has 1 aromatic heterocycles. The van der Waals surface area contributed by atoms with Gasteiger partial charge in [0.2, 0.25) is 0 Å². The van der Waals surface area contributed by atoms with E-state index in [1.54, 1.807) is 0 Å². The van der Waals surface area contributed by atoms with Crippen LogP contribution in [0.25, 0.3) is 0 Å². The summed E-state index contributed by atoms with van der Waals surface area (Å²) in [5.74, 6) is -2.03. The Morgan fingerprint density at radius 3 is 2.59 bits per heavy atom. The van der Waals surface area contributed by atoms with Gasteiger partial charge in [-0.25, -0.2) is 9.78 Å². The molecule has 3 N–H and O–H groups in total. The molecule has 0 aliphatic heterocycles. The highest BCUT2D eigenvalue weighted by molar-refractivity contribution is 6.29. The van der Waals surface area contributed by atoms with E-state index in [1.165, 1.54) is 25.1 Å². The van der Waals surface area contributed by atoms with E-state index in [4.69, 9.17) is 16.7 Å². The second-order valence-corrected chi connectivity index (χ2v) is 3.76. The van der Waals surface area contributed by atoms with Crippen LogP contribution in [0, 0.1) is 0 Å². The number of aromatic nitrogens is 1. The zero-order chi connectivity index (χ0) is 13.0. The molecule has 0 spiro atoms. The van der Waals surface area contributed by atoms with Gasteiger partial charge in [-0.1, -0.05) is 17.7 Å². The number of amides is 1. The normalized spacial score (nSPS) is 13.8. The molecule has 1 rings (SSSR count). The number of carboxylic acid groups (broad SMARTS) is 1. The highest BCUT2D eigenvalue weighted by Gasteiger charge is 2.25. The number of nitrogens with zero attached hydrogens (tertiary/aromatic N) is 1. The van der Waals surface area contributed by atoms with Crippen molar-refractivity contribution in [2.24, 2.45) is 0 Å². The molecule has 1 aromatic rings. The first-order valence-corrected chi connectivity index (χ1v) is 5.14. The van der Waals surface area contributed by atoms with E-state index in [2.05, 4.69) is 10.3 Å². The number of hydrogen-bond acceptors (Lipinski definition) is 4. The maximum atomic E-state index is 11.6. The van der Waals surface area contributed by atoms with Gasteiger partial charge in [-0.05, 0) is 19.1 Å². The molecule has 1 heterocycles. The first-order chi connectivity index (χ1) is 7.91. The second-order valence-electron chi connectivity index (χ2n) is 3.38. The van der Waals surface area contributed by atoms with E-state index in [1.807, 2.05) is 0 Å². The SMILES string of the molecule is CC(O)C(NC(=O)c1cccc(Cl)n1)C(=O)O. The van der Waals surface area contributed by atoms with Gasteiger partial charge in [0.15, 0.2) is 6.04 Å². The molecule has 0 bridgehead atoms. The van der Waals surface area contributed by atoms with E-state index < -0.39 is 24.0 Å². The van der Waals surface area contributed by atoms with E-state index in [-0.39, 0.29) is 10.8 Å². The Bertz CT molecular complexity index is 436. The van der Waals surface area contributed by atoms with Gasteiger partial charge >= 0.3 is 5.97 Å². The fraction of sp³-hybridized carbons (Fsp3) is 0.300. The lowest BCUT2D eigenvalue weighted by Crippen LogP contribution is -2.47. The van der Waals surface area contributed by atoms with Crippen LogP contribution in [0.3, 0.4) is 0 Å². The Morgan fingerprint density at radius 2 is 2.12 bits per heavy atom. The summed E-state index contributed by atoms with van der Waals surface area (Å²) in [7, 11) is 0. The van der Waals surface area contributed by atoms with Crippen molar-refractivity contribution in [3.8, 4) is 0 Å². The van der Waals surface area contributed by atoms with Gasteiger partial charge in [-0.2, -0.15) is 0 Å². The summed E-state index contributed by atoms with van der Waals surface area (Å²) in [6.45, 7) is 1.27. The number of carbonyl (C=O) groups is 2. The summed E-state index contributed by atoms with van der Waals surface area (Å²) in [6, 6.07) is 3.01. The van der Waals surface area contributed by atoms with Gasteiger partial charge in [-0.15, -0.1) is 0 Å². The zero-order valence-corrected chi connectivity index (χ0v) is 9.68. The number of pyridine rings is 1. The van der Waals surface area contributed by atoms with E-state index in [0.717, 1.165) is 0 Å². The molecule has 0 saturated carbocycles. The van der Waals surface area contributed by atoms with Crippen molar-refractivity contribution >= 4 is 23.5 Å². The molecule has 0 fully saturated rings. The first-order valence-electron chi connectivity index (χ1n) is 4.76. The summed E-state index contributed by atoms with van der Waals surface area (Å²) in [5, 5.41) is 20.2. The van der Waals surface area contributed by atoms with Crippen LogP contribution in [0.1, 0.15) is 17.4 Å². The molecular formula is C10H11ClN2O4. The molecule has 6 nitrogen and oxygen atoms in total. The molecule has 2 unspecified atom stereocenters. The molecular weight excluding hydrogens is 248 g/mol. The Hall–Kier alpha value is -1.66. The van der Waals surface area contributed by atoms with Crippen LogP contribution in [0.4, 0.5) is 0 Å². The summed E-state index contributed by atoms with van der Waals surface area (Å²) in [6.07, 6.45) is -1.21. The molecule has 0 aliphatic carbocycles. The zero-order valence-electron chi connectivity index (χ0n) is 8.92. The number of nitrogens with one attached hydrogen (secondary N) is 1. The number of hydrogen-bond donors (Lipinski definition) is 3. The van der Waals surface area contributed by atoms with Crippen molar-refractivity contribution in [3.05, 3.63) is 29.0 Å². The Labute approximate surface area is 102 Å².